The van der Waals surface area contributed by atoms with E-state index >= 15 is 0 Å². The second-order valence-electron chi connectivity index (χ2n) is 5.96. The van der Waals surface area contributed by atoms with Gasteiger partial charge in [0.25, 0.3) is 11.8 Å². The van der Waals surface area contributed by atoms with E-state index in [1.54, 1.807) is 42.5 Å². The summed E-state index contributed by atoms with van der Waals surface area (Å²) in [6.45, 7) is 2.65. The van der Waals surface area contributed by atoms with Gasteiger partial charge in [0, 0.05) is 5.56 Å². The highest BCUT2D eigenvalue weighted by molar-refractivity contribution is 5.96. The normalized spacial score (nSPS) is 12.0. The maximum atomic E-state index is 12.1. The number of carbonyl (C=O) groups is 2. The van der Waals surface area contributed by atoms with Crippen LogP contribution in [0.5, 0.6) is 17.2 Å². The molecule has 0 fully saturated rings. The molecule has 2 amide bonds. The van der Waals surface area contributed by atoms with Crippen molar-refractivity contribution in [2.24, 2.45) is 5.10 Å². The minimum absolute atomic E-state index is 0.189. The fourth-order valence-corrected chi connectivity index (χ4v) is 2.40. The molecule has 146 valence electrons. The number of benzene rings is 2. The Bertz CT molecular complexity index is 865. The van der Waals surface area contributed by atoms with Gasteiger partial charge in [0.1, 0.15) is 5.75 Å². The number of rotatable bonds is 8. The van der Waals surface area contributed by atoms with Gasteiger partial charge in [-0.1, -0.05) is 6.92 Å². The number of amides is 2. The summed E-state index contributed by atoms with van der Waals surface area (Å²) in [5, 5.41) is 6.41. The SMILES string of the molecule is CCCOc1ccc(C(=O)NCC(=O)N/N=C\c2ccc3c(c2)OCO3)cc1. The molecule has 0 unspecified atom stereocenters. The minimum Gasteiger partial charge on any atom is -0.494 e. The van der Waals surface area contributed by atoms with Crippen LogP contribution in [-0.4, -0.2) is 38.0 Å². The smallest absolute Gasteiger partial charge is 0.259 e. The third-order valence-electron chi connectivity index (χ3n) is 3.80. The lowest BCUT2D eigenvalue weighted by Crippen LogP contribution is -2.34. The number of nitrogens with zero attached hydrogens (tertiary/aromatic N) is 1. The molecule has 28 heavy (non-hydrogen) atoms. The van der Waals surface area contributed by atoms with Crippen molar-refractivity contribution in [1.29, 1.82) is 0 Å². The van der Waals surface area contributed by atoms with Gasteiger partial charge in [0.15, 0.2) is 11.5 Å². The van der Waals surface area contributed by atoms with Crippen LogP contribution in [0.1, 0.15) is 29.3 Å². The second kappa shape index (κ2) is 9.40. The van der Waals surface area contributed by atoms with Crippen molar-refractivity contribution in [2.45, 2.75) is 13.3 Å². The molecule has 2 aromatic carbocycles. The molecule has 2 aromatic rings. The van der Waals surface area contributed by atoms with E-state index in [4.69, 9.17) is 14.2 Å². The summed E-state index contributed by atoms with van der Waals surface area (Å²) in [5.41, 5.74) is 3.56. The zero-order valence-corrected chi connectivity index (χ0v) is 15.4. The molecule has 8 nitrogen and oxygen atoms in total. The fourth-order valence-electron chi connectivity index (χ4n) is 2.40. The van der Waals surface area contributed by atoms with Crippen molar-refractivity contribution < 1.29 is 23.8 Å². The summed E-state index contributed by atoms with van der Waals surface area (Å²) >= 11 is 0. The molecule has 1 aliphatic heterocycles. The standard InChI is InChI=1S/C20H21N3O5/c1-2-9-26-16-6-4-15(5-7-16)20(25)21-12-19(24)23-22-11-14-3-8-17-18(10-14)28-13-27-17/h3-8,10-11H,2,9,12-13H2,1H3,(H,21,25)(H,23,24)/b22-11-. The second-order valence-corrected chi connectivity index (χ2v) is 5.96. The van der Waals surface area contributed by atoms with Crippen molar-refractivity contribution in [3.05, 3.63) is 53.6 Å². The molecule has 1 heterocycles. The maximum absolute atomic E-state index is 12.1. The Kier molecular flexibility index (Phi) is 6.46. The Labute approximate surface area is 162 Å². The summed E-state index contributed by atoms with van der Waals surface area (Å²) in [7, 11) is 0. The predicted octanol–water partition coefficient (Wildman–Crippen LogP) is 2.08. The molecule has 1 aliphatic rings. The fraction of sp³-hybridized carbons (Fsp3) is 0.250. The number of hydrogen-bond acceptors (Lipinski definition) is 6. The summed E-state index contributed by atoms with van der Waals surface area (Å²) < 4.78 is 16.0. The van der Waals surface area contributed by atoms with Crippen molar-refractivity contribution >= 4 is 18.0 Å². The highest BCUT2D eigenvalue weighted by Gasteiger charge is 2.12. The lowest BCUT2D eigenvalue weighted by Gasteiger charge is -2.07. The summed E-state index contributed by atoms with van der Waals surface area (Å²) in [6, 6.07) is 12.1. The molecule has 0 saturated heterocycles. The molecule has 3 rings (SSSR count). The quantitative estimate of drug-likeness (QED) is 0.537. The molecular weight excluding hydrogens is 362 g/mol. The highest BCUT2D eigenvalue weighted by Crippen LogP contribution is 2.31. The summed E-state index contributed by atoms with van der Waals surface area (Å²) in [4.78, 5) is 23.9. The van der Waals surface area contributed by atoms with E-state index in [-0.39, 0.29) is 19.2 Å². The monoisotopic (exact) mass is 383 g/mol. The lowest BCUT2D eigenvalue weighted by atomic mass is 10.2. The zero-order valence-electron chi connectivity index (χ0n) is 15.4. The average Bonchev–Trinajstić information content (AvgIpc) is 3.19. The van der Waals surface area contributed by atoms with Crippen molar-refractivity contribution in [1.82, 2.24) is 10.7 Å². The maximum Gasteiger partial charge on any atom is 0.259 e. The molecule has 0 saturated carbocycles. The van der Waals surface area contributed by atoms with Crippen LogP contribution in [0.25, 0.3) is 0 Å². The van der Waals surface area contributed by atoms with Crippen LogP contribution in [0.2, 0.25) is 0 Å². The summed E-state index contributed by atoms with van der Waals surface area (Å²) in [6.07, 6.45) is 2.39. The first kappa shape index (κ1) is 19.2. The molecule has 8 heteroatoms. The van der Waals surface area contributed by atoms with E-state index in [0.717, 1.165) is 12.0 Å². The van der Waals surface area contributed by atoms with Gasteiger partial charge in [-0.3, -0.25) is 9.59 Å². The molecular formula is C20H21N3O5. The van der Waals surface area contributed by atoms with Gasteiger partial charge in [-0.15, -0.1) is 0 Å². The Morgan fingerprint density at radius 2 is 1.93 bits per heavy atom. The van der Waals surface area contributed by atoms with Gasteiger partial charge in [-0.2, -0.15) is 5.10 Å². The number of ether oxygens (including phenoxy) is 3. The first-order chi connectivity index (χ1) is 13.7. The van der Waals surface area contributed by atoms with E-state index in [9.17, 15) is 9.59 Å². The predicted molar refractivity (Wildman–Crippen MR) is 103 cm³/mol. The summed E-state index contributed by atoms with van der Waals surface area (Å²) in [5.74, 6) is 1.22. The van der Waals surface area contributed by atoms with Crippen LogP contribution in [0, 0.1) is 0 Å². The van der Waals surface area contributed by atoms with Crippen LogP contribution in [0.4, 0.5) is 0 Å². The number of fused-ring (bicyclic) bond motifs is 1. The van der Waals surface area contributed by atoms with Gasteiger partial charge in [-0.05, 0) is 54.4 Å². The number of hydrogen-bond donors (Lipinski definition) is 2. The van der Waals surface area contributed by atoms with Crippen LogP contribution < -0.4 is 25.0 Å². The molecule has 0 radical (unpaired) electrons. The molecule has 2 N–H and O–H groups in total. The zero-order chi connectivity index (χ0) is 19.8. The van der Waals surface area contributed by atoms with Crippen LogP contribution in [0.15, 0.2) is 47.6 Å². The van der Waals surface area contributed by atoms with E-state index in [1.165, 1.54) is 6.21 Å². The van der Waals surface area contributed by atoms with E-state index in [0.29, 0.717) is 29.4 Å². The topological polar surface area (TPSA) is 98.2 Å². The van der Waals surface area contributed by atoms with Crippen molar-refractivity contribution in [3.8, 4) is 17.2 Å². The van der Waals surface area contributed by atoms with Crippen LogP contribution >= 0.6 is 0 Å². The highest BCUT2D eigenvalue weighted by atomic mass is 16.7. The Morgan fingerprint density at radius 1 is 1.14 bits per heavy atom. The van der Waals surface area contributed by atoms with Gasteiger partial charge in [0.2, 0.25) is 6.79 Å². The van der Waals surface area contributed by atoms with Crippen molar-refractivity contribution in [3.63, 3.8) is 0 Å². The Morgan fingerprint density at radius 3 is 2.71 bits per heavy atom. The minimum atomic E-state index is -0.437. The third-order valence-corrected chi connectivity index (χ3v) is 3.80. The van der Waals surface area contributed by atoms with E-state index in [2.05, 4.69) is 15.8 Å². The van der Waals surface area contributed by atoms with Gasteiger partial charge in [-0.25, -0.2) is 5.43 Å². The number of carbonyl (C=O) groups excluding carboxylic acids is 2. The number of hydrazone groups is 1. The third kappa shape index (κ3) is 5.23. The lowest BCUT2D eigenvalue weighted by molar-refractivity contribution is -0.120. The number of nitrogens with one attached hydrogen (secondary N) is 2. The van der Waals surface area contributed by atoms with Gasteiger partial charge >= 0.3 is 0 Å². The van der Waals surface area contributed by atoms with E-state index < -0.39 is 5.91 Å². The Hall–Kier alpha value is -3.55. The first-order valence-corrected chi connectivity index (χ1v) is 8.88. The molecule has 0 aromatic heterocycles. The van der Waals surface area contributed by atoms with Crippen LogP contribution in [0.3, 0.4) is 0 Å². The van der Waals surface area contributed by atoms with Gasteiger partial charge in [0.05, 0.1) is 19.4 Å². The largest absolute Gasteiger partial charge is 0.494 e. The van der Waals surface area contributed by atoms with E-state index in [1.807, 2.05) is 6.92 Å². The first-order valence-electron chi connectivity index (χ1n) is 8.88. The molecule has 0 aliphatic carbocycles. The Balaban J connectivity index is 1.43. The van der Waals surface area contributed by atoms with Gasteiger partial charge < -0.3 is 19.5 Å². The van der Waals surface area contributed by atoms with Crippen molar-refractivity contribution in [2.75, 3.05) is 19.9 Å². The van der Waals surface area contributed by atoms with Crippen LogP contribution in [-0.2, 0) is 4.79 Å². The molecule has 0 bridgehead atoms. The average molecular weight is 383 g/mol. The molecule has 0 atom stereocenters. The molecule has 0 spiro atoms.